The van der Waals surface area contributed by atoms with Gasteiger partial charge in [-0.15, -0.1) is 11.3 Å². The fourth-order valence-electron chi connectivity index (χ4n) is 3.01. The molecular weight excluding hydrogens is 527 g/mol. The summed E-state index contributed by atoms with van der Waals surface area (Å²) in [6.45, 7) is 0. The highest BCUT2D eigenvalue weighted by Crippen LogP contribution is 2.43. The molecule has 3 aromatic carbocycles. The van der Waals surface area contributed by atoms with E-state index in [0.29, 0.717) is 27.5 Å². The standard InChI is InChI=1S/C24H15IO5S/c25-19-4-2-1-3-17(19)22(29)24-23(18-11-8-15(26)13-20(18)31-24)30-16-9-5-14(6-10-16)7-12-21(27)28/h1-13,26H,(H,27,28)/b12-7+. The molecule has 0 amide bonds. The number of ether oxygens (including phenoxy) is 1. The van der Waals surface area contributed by atoms with E-state index in [4.69, 9.17) is 9.84 Å². The maximum absolute atomic E-state index is 13.3. The van der Waals surface area contributed by atoms with Crippen molar-refractivity contribution in [1.82, 2.24) is 0 Å². The topological polar surface area (TPSA) is 83.8 Å². The molecule has 0 aliphatic carbocycles. The second-order valence-corrected chi connectivity index (χ2v) is 8.81. The minimum atomic E-state index is -1.02. The van der Waals surface area contributed by atoms with Crippen LogP contribution in [0.15, 0.2) is 72.8 Å². The molecule has 31 heavy (non-hydrogen) atoms. The SMILES string of the molecule is O=C(O)/C=C/c1ccc(Oc2c(C(=O)c3ccccc3I)sc3cc(O)ccc23)cc1. The van der Waals surface area contributed by atoms with Crippen molar-refractivity contribution < 1.29 is 24.5 Å². The van der Waals surface area contributed by atoms with Gasteiger partial charge in [0.25, 0.3) is 0 Å². The largest absolute Gasteiger partial charge is 0.508 e. The molecule has 0 aliphatic rings. The van der Waals surface area contributed by atoms with Crippen LogP contribution in [0.5, 0.6) is 17.2 Å². The minimum absolute atomic E-state index is 0.114. The third-order valence-electron chi connectivity index (χ3n) is 4.47. The number of phenols is 1. The Hall–Kier alpha value is -3.17. The Balaban J connectivity index is 1.76. The van der Waals surface area contributed by atoms with Crippen molar-refractivity contribution in [2.45, 2.75) is 0 Å². The molecule has 1 heterocycles. The van der Waals surface area contributed by atoms with Crippen molar-refractivity contribution in [3.8, 4) is 17.2 Å². The van der Waals surface area contributed by atoms with E-state index < -0.39 is 5.97 Å². The van der Waals surface area contributed by atoms with Gasteiger partial charge in [-0.2, -0.15) is 0 Å². The molecule has 1 aromatic heterocycles. The van der Waals surface area contributed by atoms with E-state index in [1.54, 1.807) is 48.5 Å². The summed E-state index contributed by atoms with van der Waals surface area (Å²) in [5.74, 6) is -0.118. The highest BCUT2D eigenvalue weighted by atomic mass is 127. The Morgan fingerprint density at radius 3 is 2.45 bits per heavy atom. The predicted molar refractivity (Wildman–Crippen MR) is 129 cm³/mol. The van der Waals surface area contributed by atoms with Gasteiger partial charge in [-0.05, 0) is 76.7 Å². The third kappa shape index (κ3) is 4.62. The number of aliphatic carboxylic acids is 1. The Labute approximate surface area is 195 Å². The van der Waals surface area contributed by atoms with E-state index in [1.807, 2.05) is 18.2 Å². The number of halogens is 1. The molecular formula is C24H15IO5S. The highest BCUT2D eigenvalue weighted by Gasteiger charge is 2.23. The van der Waals surface area contributed by atoms with Crippen molar-refractivity contribution in [2.24, 2.45) is 0 Å². The maximum Gasteiger partial charge on any atom is 0.328 e. The smallest absolute Gasteiger partial charge is 0.328 e. The number of carbonyl (C=O) groups excluding carboxylic acids is 1. The zero-order chi connectivity index (χ0) is 22.0. The molecule has 0 aliphatic heterocycles. The summed E-state index contributed by atoms with van der Waals surface area (Å²) >= 11 is 3.40. The van der Waals surface area contributed by atoms with Gasteiger partial charge in [0.15, 0.2) is 5.75 Å². The Kier molecular flexibility index (Phi) is 6.06. The van der Waals surface area contributed by atoms with E-state index >= 15 is 0 Å². The van der Waals surface area contributed by atoms with Crippen LogP contribution in [0, 0.1) is 3.57 Å². The van der Waals surface area contributed by atoms with Crippen LogP contribution in [0.3, 0.4) is 0 Å². The fraction of sp³-hybridized carbons (Fsp3) is 0. The summed E-state index contributed by atoms with van der Waals surface area (Å²) in [6.07, 6.45) is 2.55. The Morgan fingerprint density at radius 1 is 1.00 bits per heavy atom. The van der Waals surface area contributed by atoms with Crippen molar-refractivity contribution in [1.29, 1.82) is 0 Å². The van der Waals surface area contributed by atoms with Crippen LogP contribution in [-0.4, -0.2) is 22.0 Å². The second kappa shape index (κ2) is 8.91. The number of ketones is 1. The lowest BCUT2D eigenvalue weighted by molar-refractivity contribution is -0.131. The van der Waals surface area contributed by atoms with Gasteiger partial charge in [0.1, 0.15) is 16.4 Å². The van der Waals surface area contributed by atoms with E-state index in [9.17, 15) is 14.7 Å². The lowest BCUT2D eigenvalue weighted by atomic mass is 10.1. The van der Waals surface area contributed by atoms with E-state index in [0.717, 1.165) is 19.7 Å². The average molecular weight is 542 g/mol. The zero-order valence-corrected chi connectivity index (χ0v) is 18.9. The van der Waals surface area contributed by atoms with Gasteiger partial charge in [-0.25, -0.2) is 4.79 Å². The van der Waals surface area contributed by atoms with Crippen LogP contribution in [0.1, 0.15) is 20.8 Å². The number of thiophene rings is 1. The van der Waals surface area contributed by atoms with Gasteiger partial charge >= 0.3 is 5.97 Å². The molecule has 0 unspecified atom stereocenters. The number of hydrogen-bond donors (Lipinski definition) is 2. The molecule has 2 N–H and O–H groups in total. The van der Waals surface area contributed by atoms with Gasteiger partial charge in [0, 0.05) is 25.3 Å². The number of hydrogen-bond acceptors (Lipinski definition) is 5. The molecule has 0 spiro atoms. The quantitative estimate of drug-likeness (QED) is 0.169. The number of benzene rings is 3. The number of rotatable bonds is 6. The fourth-order valence-corrected chi connectivity index (χ4v) is 4.76. The first-order valence-corrected chi connectivity index (χ1v) is 11.1. The summed E-state index contributed by atoms with van der Waals surface area (Å²) in [6, 6.07) is 19.1. The number of phenolic OH excluding ortho intramolecular Hbond substituents is 1. The molecule has 5 nitrogen and oxygen atoms in total. The molecule has 0 saturated carbocycles. The lowest BCUT2D eigenvalue weighted by Gasteiger charge is -2.09. The van der Waals surface area contributed by atoms with Gasteiger partial charge in [-0.1, -0.05) is 24.3 Å². The van der Waals surface area contributed by atoms with Crippen molar-refractivity contribution >= 4 is 61.8 Å². The first-order valence-electron chi connectivity index (χ1n) is 9.16. The van der Waals surface area contributed by atoms with E-state index in [2.05, 4.69) is 22.6 Å². The predicted octanol–water partition coefficient (Wildman–Crippen LogP) is 6.33. The van der Waals surface area contributed by atoms with Crippen molar-refractivity contribution in [2.75, 3.05) is 0 Å². The van der Waals surface area contributed by atoms with Crippen LogP contribution in [0.25, 0.3) is 16.2 Å². The molecule has 4 aromatic rings. The third-order valence-corrected chi connectivity index (χ3v) is 6.54. The molecule has 154 valence electrons. The van der Waals surface area contributed by atoms with E-state index in [1.165, 1.54) is 17.4 Å². The van der Waals surface area contributed by atoms with Crippen LogP contribution in [-0.2, 0) is 4.79 Å². The summed E-state index contributed by atoms with van der Waals surface area (Å²) in [5.41, 5.74) is 1.29. The number of carboxylic acids is 1. The molecule has 0 fully saturated rings. The van der Waals surface area contributed by atoms with E-state index in [-0.39, 0.29) is 11.5 Å². The summed E-state index contributed by atoms with van der Waals surface area (Å²) < 4.78 is 7.71. The molecule has 0 bridgehead atoms. The highest BCUT2D eigenvalue weighted by molar-refractivity contribution is 14.1. The monoisotopic (exact) mass is 542 g/mol. The van der Waals surface area contributed by atoms with Crippen molar-refractivity contribution in [3.05, 3.63) is 92.4 Å². The number of carboxylic acid groups (broad SMARTS) is 1. The first kappa shape index (κ1) is 21.1. The summed E-state index contributed by atoms with van der Waals surface area (Å²) in [4.78, 5) is 24.5. The molecule has 7 heteroatoms. The van der Waals surface area contributed by atoms with Gasteiger partial charge in [-0.3, -0.25) is 4.79 Å². The van der Waals surface area contributed by atoms with Crippen LogP contribution >= 0.6 is 33.9 Å². The molecule has 0 radical (unpaired) electrons. The van der Waals surface area contributed by atoms with Gasteiger partial charge < -0.3 is 14.9 Å². The average Bonchev–Trinajstić information content (AvgIpc) is 3.10. The molecule has 0 saturated heterocycles. The van der Waals surface area contributed by atoms with Crippen molar-refractivity contribution in [3.63, 3.8) is 0 Å². The maximum atomic E-state index is 13.3. The van der Waals surface area contributed by atoms with Crippen LogP contribution in [0.4, 0.5) is 0 Å². The summed E-state index contributed by atoms with van der Waals surface area (Å²) in [7, 11) is 0. The number of fused-ring (bicyclic) bond motifs is 1. The zero-order valence-electron chi connectivity index (χ0n) is 15.9. The number of aromatic hydroxyl groups is 1. The first-order chi connectivity index (χ1) is 14.9. The van der Waals surface area contributed by atoms with Crippen LogP contribution < -0.4 is 4.74 Å². The normalized spacial score (nSPS) is 11.1. The van der Waals surface area contributed by atoms with Crippen LogP contribution in [0.2, 0.25) is 0 Å². The Bertz CT molecular complexity index is 1320. The molecule has 4 rings (SSSR count). The van der Waals surface area contributed by atoms with Gasteiger partial charge in [0.05, 0.1) is 0 Å². The molecule has 0 atom stereocenters. The lowest BCUT2D eigenvalue weighted by Crippen LogP contribution is -2.03. The number of carbonyl (C=O) groups is 2. The Morgan fingerprint density at radius 2 is 1.74 bits per heavy atom. The van der Waals surface area contributed by atoms with Gasteiger partial charge in [0.2, 0.25) is 5.78 Å². The minimum Gasteiger partial charge on any atom is -0.508 e. The second-order valence-electron chi connectivity index (χ2n) is 6.59. The summed E-state index contributed by atoms with van der Waals surface area (Å²) in [5, 5.41) is 19.4.